The van der Waals surface area contributed by atoms with Gasteiger partial charge < -0.3 is 4.57 Å². The first kappa shape index (κ1) is 21.1. The van der Waals surface area contributed by atoms with Crippen molar-refractivity contribution in [2.24, 2.45) is 5.10 Å². The smallest absolute Gasteiger partial charge is 0.271 e. The van der Waals surface area contributed by atoms with E-state index in [0.717, 1.165) is 29.1 Å². The standard InChI is InChI=1S/C22H20Cl2N6O/c1-4-29-14(3)26-19-10-15(8-9-20(19)29)22(31)27-25-12-18-13(2)28-30(21(18)24)17-7-5-6-16(23)11-17/h5-12H,4H2,1-3H3,(H,27,31)/b25-12-. The van der Waals surface area contributed by atoms with Crippen LogP contribution in [0.1, 0.15) is 34.4 Å². The molecule has 31 heavy (non-hydrogen) atoms. The number of hydrazone groups is 1. The van der Waals surface area contributed by atoms with E-state index in [4.69, 9.17) is 23.2 Å². The fraction of sp³-hybridized carbons (Fsp3) is 0.182. The van der Waals surface area contributed by atoms with Gasteiger partial charge in [0.25, 0.3) is 5.91 Å². The molecule has 0 aliphatic carbocycles. The molecule has 0 unspecified atom stereocenters. The molecule has 0 atom stereocenters. The van der Waals surface area contributed by atoms with Gasteiger partial charge in [-0.3, -0.25) is 4.79 Å². The van der Waals surface area contributed by atoms with E-state index in [2.05, 4.69) is 32.1 Å². The Morgan fingerprint density at radius 2 is 2.00 bits per heavy atom. The van der Waals surface area contributed by atoms with Crippen LogP contribution in [0.4, 0.5) is 0 Å². The van der Waals surface area contributed by atoms with Gasteiger partial charge in [0, 0.05) is 17.1 Å². The van der Waals surface area contributed by atoms with Crippen LogP contribution in [0, 0.1) is 13.8 Å². The molecule has 4 rings (SSSR count). The van der Waals surface area contributed by atoms with Crippen molar-refractivity contribution in [3.63, 3.8) is 0 Å². The van der Waals surface area contributed by atoms with E-state index in [0.29, 0.717) is 27.0 Å². The first-order chi connectivity index (χ1) is 14.9. The van der Waals surface area contributed by atoms with E-state index in [9.17, 15) is 4.79 Å². The van der Waals surface area contributed by atoms with Gasteiger partial charge in [-0.2, -0.15) is 10.2 Å². The Hall–Kier alpha value is -3.16. The third-order valence-corrected chi connectivity index (χ3v) is 5.58. The van der Waals surface area contributed by atoms with Gasteiger partial charge in [0.05, 0.1) is 34.2 Å². The summed E-state index contributed by atoms with van der Waals surface area (Å²) in [5.74, 6) is 0.577. The van der Waals surface area contributed by atoms with E-state index >= 15 is 0 Å². The molecule has 0 saturated carbocycles. The molecule has 7 nitrogen and oxygen atoms in total. The van der Waals surface area contributed by atoms with Crippen LogP contribution < -0.4 is 5.43 Å². The largest absolute Gasteiger partial charge is 0.329 e. The molecule has 0 aliphatic rings. The van der Waals surface area contributed by atoms with E-state index in [-0.39, 0.29) is 5.91 Å². The second-order valence-electron chi connectivity index (χ2n) is 6.99. The summed E-state index contributed by atoms with van der Waals surface area (Å²) >= 11 is 12.5. The van der Waals surface area contributed by atoms with Crippen LogP contribution in [0.5, 0.6) is 0 Å². The molecule has 2 aromatic carbocycles. The molecular weight excluding hydrogens is 435 g/mol. The first-order valence-corrected chi connectivity index (χ1v) is 10.5. The summed E-state index contributed by atoms with van der Waals surface area (Å²) in [7, 11) is 0. The Balaban J connectivity index is 1.54. The molecule has 0 radical (unpaired) electrons. The van der Waals surface area contributed by atoms with Crippen molar-refractivity contribution in [1.82, 2.24) is 24.8 Å². The van der Waals surface area contributed by atoms with Crippen LogP contribution in [0.3, 0.4) is 0 Å². The Labute approximate surface area is 189 Å². The lowest BCUT2D eigenvalue weighted by atomic mass is 10.2. The molecule has 2 aromatic heterocycles. The van der Waals surface area contributed by atoms with Crippen molar-refractivity contribution >= 4 is 46.4 Å². The van der Waals surface area contributed by atoms with Crippen molar-refractivity contribution < 1.29 is 4.79 Å². The predicted molar refractivity (Wildman–Crippen MR) is 124 cm³/mol. The van der Waals surface area contributed by atoms with Crippen LogP contribution in [0.15, 0.2) is 47.6 Å². The minimum atomic E-state index is -0.335. The van der Waals surface area contributed by atoms with Gasteiger partial charge in [-0.05, 0) is 57.2 Å². The topological polar surface area (TPSA) is 77.1 Å². The Morgan fingerprint density at radius 3 is 2.74 bits per heavy atom. The lowest BCUT2D eigenvalue weighted by molar-refractivity contribution is 0.0955. The van der Waals surface area contributed by atoms with Gasteiger partial charge in [0.1, 0.15) is 11.0 Å². The number of halogens is 2. The van der Waals surface area contributed by atoms with E-state index in [1.165, 1.54) is 6.21 Å². The summed E-state index contributed by atoms with van der Waals surface area (Å²) in [6.07, 6.45) is 1.48. The highest BCUT2D eigenvalue weighted by Crippen LogP contribution is 2.24. The Bertz CT molecular complexity index is 1320. The fourth-order valence-corrected chi connectivity index (χ4v) is 3.95. The number of carbonyl (C=O) groups is 1. The molecule has 158 valence electrons. The zero-order chi connectivity index (χ0) is 22.1. The van der Waals surface area contributed by atoms with Crippen LogP contribution >= 0.6 is 23.2 Å². The van der Waals surface area contributed by atoms with Crippen LogP contribution in [-0.4, -0.2) is 31.5 Å². The van der Waals surface area contributed by atoms with Gasteiger partial charge in [-0.1, -0.05) is 29.3 Å². The van der Waals surface area contributed by atoms with Crippen LogP contribution in [0.2, 0.25) is 10.2 Å². The molecule has 1 amide bonds. The molecule has 0 saturated heterocycles. The second kappa shape index (κ2) is 8.53. The van der Waals surface area contributed by atoms with Gasteiger partial charge in [-0.15, -0.1) is 0 Å². The van der Waals surface area contributed by atoms with Crippen molar-refractivity contribution in [2.75, 3.05) is 0 Å². The Kier molecular flexibility index (Phi) is 5.80. The molecule has 0 aliphatic heterocycles. The zero-order valence-electron chi connectivity index (χ0n) is 17.2. The normalized spacial score (nSPS) is 11.5. The minimum absolute atomic E-state index is 0.335. The zero-order valence-corrected chi connectivity index (χ0v) is 18.7. The molecule has 0 spiro atoms. The highest BCUT2D eigenvalue weighted by molar-refractivity contribution is 6.32. The number of rotatable bonds is 5. The lowest BCUT2D eigenvalue weighted by Crippen LogP contribution is -2.17. The van der Waals surface area contributed by atoms with Crippen molar-refractivity contribution in [1.29, 1.82) is 0 Å². The molecule has 0 fully saturated rings. The summed E-state index contributed by atoms with van der Waals surface area (Å²) in [6.45, 7) is 6.64. The number of benzene rings is 2. The van der Waals surface area contributed by atoms with Crippen molar-refractivity contribution in [3.8, 4) is 5.69 Å². The fourth-order valence-electron chi connectivity index (χ4n) is 3.45. The summed E-state index contributed by atoms with van der Waals surface area (Å²) in [4.78, 5) is 17.1. The molecule has 9 heteroatoms. The summed E-state index contributed by atoms with van der Waals surface area (Å²) < 4.78 is 3.67. The lowest BCUT2D eigenvalue weighted by Gasteiger charge is -2.03. The number of nitrogens with zero attached hydrogens (tertiary/aromatic N) is 5. The third kappa shape index (κ3) is 4.06. The average Bonchev–Trinajstić information content (AvgIpc) is 3.22. The summed E-state index contributed by atoms with van der Waals surface area (Å²) in [5, 5.41) is 9.47. The molecule has 1 N–H and O–H groups in total. The monoisotopic (exact) mass is 454 g/mol. The third-order valence-electron chi connectivity index (χ3n) is 4.98. The maximum atomic E-state index is 12.5. The summed E-state index contributed by atoms with van der Waals surface area (Å²) in [6, 6.07) is 12.6. The van der Waals surface area contributed by atoms with Crippen molar-refractivity contribution in [3.05, 3.63) is 75.3 Å². The van der Waals surface area contributed by atoms with Gasteiger partial charge >= 0.3 is 0 Å². The number of nitrogens with one attached hydrogen (secondary N) is 1. The number of carbonyl (C=O) groups excluding carboxylic acids is 1. The molecule has 4 aromatic rings. The maximum Gasteiger partial charge on any atom is 0.271 e. The van der Waals surface area contributed by atoms with E-state index < -0.39 is 0 Å². The van der Waals surface area contributed by atoms with Crippen LogP contribution in [-0.2, 0) is 6.54 Å². The van der Waals surface area contributed by atoms with E-state index in [1.807, 2.05) is 32.0 Å². The molecular formula is C22H20Cl2N6O. The second-order valence-corrected chi connectivity index (χ2v) is 7.78. The van der Waals surface area contributed by atoms with E-state index in [1.54, 1.807) is 28.9 Å². The SMILES string of the molecule is CCn1c(C)nc2cc(C(=O)N/N=C\c3c(C)nn(-c4cccc(Cl)c4)c3Cl)ccc21. The number of amides is 1. The average molecular weight is 455 g/mol. The number of fused-ring (bicyclic) bond motifs is 1. The predicted octanol–water partition coefficient (Wildman–Crippen LogP) is 4.93. The number of hydrogen-bond donors (Lipinski definition) is 1. The van der Waals surface area contributed by atoms with Gasteiger partial charge in [0.2, 0.25) is 0 Å². The molecule has 2 heterocycles. The maximum absolute atomic E-state index is 12.5. The Morgan fingerprint density at radius 1 is 1.19 bits per heavy atom. The first-order valence-electron chi connectivity index (χ1n) is 9.70. The van der Waals surface area contributed by atoms with Gasteiger partial charge in [0.15, 0.2) is 0 Å². The number of aromatic nitrogens is 4. The highest BCUT2D eigenvalue weighted by atomic mass is 35.5. The number of aryl methyl sites for hydroxylation is 3. The minimum Gasteiger partial charge on any atom is -0.329 e. The number of imidazole rings is 1. The van der Waals surface area contributed by atoms with Crippen LogP contribution in [0.25, 0.3) is 16.7 Å². The quantitative estimate of drug-likeness (QED) is 0.343. The number of hydrogen-bond acceptors (Lipinski definition) is 4. The van der Waals surface area contributed by atoms with Crippen molar-refractivity contribution in [2.45, 2.75) is 27.3 Å². The summed E-state index contributed by atoms with van der Waals surface area (Å²) in [5.41, 5.74) is 6.80. The van der Waals surface area contributed by atoms with Gasteiger partial charge in [-0.25, -0.2) is 15.1 Å². The highest BCUT2D eigenvalue weighted by Gasteiger charge is 2.14. The molecule has 0 bridgehead atoms.